The fourth-order valence-corrected chi connectivity index (χ4v) is 1.71. The first-order chi connectivity index (χ1) is 8.56. The second kappa shape index (κ2) is 5.31. The number of anilines is 1. The van der Waals surface area contributed by atoms with E-state index >= 15 is 0 Å². The molecule has 2 aromatic rings. The third-order valence-corrected chi connectivity index (χ3v) is 2.71. The average Bonchev–Trinajstić information content (AvgIpc) is 2.32. The minimum Gasteiger partial charge on any atom is -0.380 e. The van der Waals surface area contributed by atoms with Crippen molar-refractivity contribution in [2.24, 2.45) is 0 Å². The maximum atomic E-state index is 13.0. The van der Waals surface area contributed by atoms with E-state index in [2.05, 4.69) is 5.32 Å². The van der Waals surface area contributed by atoms with E-state index in [-0.39, 0.29) is 11.6 Å². The second-order valence-corrected chi connectivity index (χ2v) is 4.13. The van der Waals surface area contributed by atoms with Crippen molar-refractivity contribution >= 4 is 17.3 Å². The van der Waals surface area contributed by atoms with Gasteiger partial charge in [-0.25, -0.2) is 13.2 Å². The van der Waals surface area contributed by atoms with Crippen LogP contribution >= 0.6 is 11.6 Å². The molecule has 2 rings (SSSR count). The highest BCUT2D eigenvalue weighted by Crippen LogP contribution is 2.23. The van der Waals surface area contributed by atoms with Crippen molar-refractivity contribution in [2.45, 2.75) is 6.54 Å². The molecule has 0 bridgehead atoms. The Labute approximate surface area is 107 Å². The third-order valence-electron chi connectivity index (χ3n) is 2.40. The van der Waals surface area contributed by atoms with Gasteiger partial charge in [0.05, 0.1) is 10.7 Å². The van der Waals surface area contributed by atoms with Gasteiger partial charge in [-0.15, -0.1) is 0 Å². The zero-order chi connectivity index (χ0) is 13.1. The predicted molar refractivity (Wildman–Crippen MR) is 65.1 cm³/mol. The maximum absolute atomic E-state index is 13.0. The van der Waals surface area contributed by atoms with Crippen LogP contribution in [0.3, 0.4) is 0 Å². The van der Waals surface area contributed by atoms with E-state index in [1.807, 2.05) is 0 Å². The number of halogens is 4. The number of hydrogen-bond acceptors (Lipinski definition) is 1. The molecule has 0 aliphatic heterocycles. The quantitative estimate of drug-likeness (QED) is 0.874. The molecule has 1 N–H and O–H groups in total. The van der Waals surface area contributed by atoms with Gasteiger partial charge in [0.25, 0.3) is 0 Å². The van der Waals surface area contributed by atoms with E-state index in [9.17, 15) is 13.2 Å². The zero-order valence-electron chi connectivity index (χ0n) is 9.18. The molecule has 0 heterocycles. The van der Waals surface area contributed by atoms with Gasteiger partial charge in [0.2, 0.25) is 0 Å². The minimum atomic E-state index is -0.903. The molecule has 0 spiro atoms. The van der Waals surface area contributed by atoms with Gasteiger partial charge in [-0.3, -0.25) is 0 Å². The van der Waals surface area contributed by atoms with Crippen LogP contribution in [-0.2, 0) is 6.54 Å². The molecule has 94 valence electrons. The van der Waals surface area contributed by atoms with Crippen molar-refractivity contribution in [1.82, 2.24) is 0 Å². The van der Waals surface area contributed by atoms with Crippen molar-refractivity contribution in [3.8, 4) is 0 Å². The second-order valence-electron chi connectivity index (χ2n) is 3.73. The molecule has 0 atom stereocenters. The summed E-state index contributed by atoms with van der Waals surface area (Å²) in [5.74, 6) is -2.23. The van der Waals surface area contributed by atoms with Crippen LogP contribution in [0.1, 0.15) is 5.56 Å². The Hall–Kier alpha value is -1.68. The van der Waals surface area contributed by atoms with Gasteiger partial charge in [-0.2, -0.15) is 0 Å². The molecule has 0 saturated carbocycles. The van der Waals surface area contributed by atoms with Crippen LogP contribution in [0.25, 0.3) is 0 Å². The van der Waals surface area contributed by atoms with Crippen molar-refractivity contribution in [2.75, 3.05) is 5.32 Å². The topological polar surface area (TPSA) is 12.0 Å². The lowest BCUT2D eigenvalue weighted by atomic mass is 10.2. The Kier molecular flexibility index (Phi) is 3.77. The van der Waals surface area contributed by atoms with Crippen LogP contribution in [0.15, 0.2) is 36.4 Å². The first-order valence-electron chi connectivity index (χ1n) is 5.19. The fraction of sp³-hybridized carbons (Fsp3) is 0.0769. The molecule has 5 heteroatoms. The van der Waals surface area contributed by atoms with Crippen molar-refractivity contribution < 1.29 is 13.2 Å². The molecule has 0 saturated heterocycles. The highest BCUT2D eigenvalue weighted by Gasteiger charge is 2.04. The monoisotopic (exact) mass is 271 g/mol. The summed E-state index contributed by atoms with van der Waals surface area (Å²) in [6.45, 7) is 0.266. The Bertz CT molecular complexity index is 572. The molecular weight excluding hydrogens is 263 g/mol. The first kappa shape index (κ1) is 12.8. The van der Waals surface area contributed by atoms with E-state index < -0.39 is 17.5 Å². The van der Waals surface area contributed by atoms with E-state index in [0.29, 0.717) is 11.3 Å². The van der Waals surface area contributed by atoms with Gasteiger partial charge in [0.1, 0.15) is 5.82 Å². The van der Waals surface area contributed by atoms with Crippen molar-refractivity contribution in [3.63, 3.8) is 0 Å². The predicted octanol–water partition coefficient (Wildman–Crippen LogP) is 4.37. The molecule has 0 amide bonds. The van der Waals surface area contributed by atoms with Crippen LogP contribution in [-0.4, -0.2) is 0 Å². The SMILES string of the molecule is Fc1ccc(NCc2ccc(F)c(F)c2)c(Cl)c1. The summed E-state index contributed by atoms with van der Waals surface area (Å²) < 4.78 is 38.5. The summed E-state index contributed by atoms with van der Waals surface area (Å²) in [5.41, 5.74) is 1.09. The van der Waals surface area contributed by atoms with Gasteiger partial charge >= 0.3 is 0 Å². The fourth-order valence-electron chi connectivity index (χ4n) is 1.48. The lowest BCUT2D eigenvalue weighted by Crippen LogP contribution is -2.01. The Morgan fingerprint density at radius 3 is 2.39 bits per heavy atom. The number of rotatable bonds is 3. The van der Waals surface area contributed by atoms with Gasteiger partial charge in [0, 0.05) is 6.54 Å². The molecule has 0 aliphatic rings. The van der Waals surface area contributed by atoms with Crippen LogP contribution in [0.4, 0.5) is 18.9 Å². The standard InChI is InChI=1S/C13H9ClF3N/c14-10-6-9(15)2-4-13(10)18-7-8-1-3-11(16)12(17)5-8/h1-6,18H,7H2. The average molecular weight is 272 g/mol. The van der Waals surface area contributed by atoms with E-state index in [4.69, 9.17) is 11.6 Å². The van der Waals surface area contributed by atoms with Gasteiger partial charge in [-0.1, -0.05) is 17.7 Å². The molecule has 1 nitrogen and oxygen atoms in total. The van der Waals surface area contributed by atoms with E-state index in [1.165, 1.54) is 24.3 Å². The van der Waals surface area contributed by atoms with Gasteiger partial charge < -0.3 is 5.32 Å². The highest BCUT2D eigenvalue weighted by molar-refractivity contribution is 6.33. The molecule has 0 aliphatic carbocycles. The number of benzene rings is 2. The summed E-state index contributed by atoms with van der Waals surface area (Å²) in [5, 5.41) is 3.15. The Morgan fingerprint density at radius 1 is 0.944 bits per heavy atom. The summed E-state index contributed by atoms with van der Waals surface area (Å²) in [7, 11) is 0. The molecule has 18 heavy (non-hydrogen) atoms. The molecular formula is C13H9ClF3N. The molecule has 0 aromatic heterocycles. The van der Waals surface area contributed by atoms with Crippen LogP contribution in [0, 0.1) is 17.5 Å². The summed E-state index contributed by atoms with van der Waals surface area (Å²) in [6.07, 6.45) is 0. The minimum absolute atomic E-state index is 0.234. The molecule has 0 radical (unpaired) electrons. The van der Waals surface area contributed by atoms with Crippen molar-refractivity contribution in [3.05, 3.63) is 64.4 Å². The maximum Gasteiger partial charge on any atom is 0.159 e. The van der Waals surface area contributed by atoms with E-state index in [1.54, 1.807) is 0 Å². The summed E-state index contributed by atoms with van der Waals surface area (Å²) in [6, 6.07) is 7.54. The molecule has 0 fully saturated rings. The zero-order valence-corrected chi connectivity index (χ0v) is 9.94. The van der Waals surface area contributed by atoms with Gasteiger partial charge in [0.15, 0.2) is 11.6 Å². The normalized spacial score (nSPS) is 10.4. The number of nitrogens with one attached hydrogen (secondary N) is 1. The Morgan fingerprint density at radius 2 is 1.72 bits per heavy atom. The van der Waals surface area contributed by atoms with Crippen molar-refractivity contribution in [1.29, 1.82) is 0 Å². The number of hydrogen-bond donors (Lipinski definition) is 1. The smallest absolute Gasteiger partial charge is 0.159 e. The van der Waals surface area contributed by atoms with Crippen LogP contribution < -0.4 is 5.32 Å². The summed E-state index contributed by atoms with van der Waals surface area (Å²) in [4.78, 5) is 0. The first-order valence-corrected chi connectivity index (χ1v) is 5.57. The van der Waals surface area contributed by atoms with E-state index in [0.717, 1.165) is 12.1 Å². The Balaban J connectivity index is 2.09. The lowest BCUT2D eigenvalue weighted by molar-refractivity contribution is 0.507. The summed E-state index contributed by atoms with van der Waals surface area (Å²) >= 11 is 5.82. The van der Waals surface area contributed by atoms with Gasteiger partial charge in [-0.05, 0) is 35.9 Å². The third kappa shape index (κ3) is 2.96. The molecule has 2 aromatic carbocycles. The highest BCUT2D eigenvalue weighted by atomic mass is 35.5. The lowest BCUT2D eigenvalue weighted by Gasteiger charge is -2.08. The van der Waals surface area contributed by atoms with Crippen LogP contribution in [0.5, 0.6) is 0 Å². The van der Waals surface area contributed by atoms with Crippen LogP contribution in [0.2, 0.25) is 5.02 Å². The molecule has 0 unspecified atom stereocenters. The largest absolute Gasteiger partial charge is 0.380 e.